The highest BCUT2D eigenvalue weighted by Gasteiger charge is 2.36. The van der Waals surface area contributed by atoms with Gasteiger partial charge in [0.15, 0.2) is 0 Å². The van der Waals surface area contributed by atoms with Crippen LogP contribution < -0.4 is 0 Å². The van der Waals surface area contributed by atoms with Gasteiger partial charge >= 0.3 is 0 Å². The molecule has 1 heteroatoms. The second-order valence-electron chi connectivity index (χ2n) is 5.29. The molecule has 1 aromatic rings. The van der Waals surface area contributed by atoms with E-state index in [-0.39, 0.29) is 0 Å². The van der Waals surface area contributed by atoms with Gasteiger partial charge in [0.1, 0.15) is 0 Å². The summed E-state index contributed by atoms with van der Waals surface area (Å²) in [6.45, 7) is 0. The Morgan fingerprint density at radius 2 is 2.06 bits per heavy atom. The Kier molecular flexibility index (Phi) is 2.47. The summed E-state index contributed by atoms with van der Waals surface area (Å²) in [7, 11) is 0. The minimum atomic E-state index is 0.588. The zero-order valence-corrected chi connectivity index (χ0v) is 11.1. The highest BCUT2D eigenvalue weighted by Crippen LogP contribution is 2.50. The lowest BCUT2D eigenvalue weighted by molar-refractivity contribution is 0.430. The number of benzene rings is 1. The minimum Gasteiger partial charge on any atom is -0.130 e. The molecule has 18 heavy (non-hydrogen) atoms. The van der Waals surface area contributed by atoms with Crippen LogP contribution in [0.5, 0.6) is 0 Å². The Labute approximate surface area is 112 Å². The Morgan fingerprint density at radius 1 is 1.11 bits per heavy atom. The van der Waals surface area contributed by atoms with Crippen molar-refractivity contribution in [2.45, 2.75) is 12.3 Å². The molecule has 0 saturated carbocycles. The van der Waals surface area contributed by atoms with Gasteiger partial charge < -0.3 is 0 Å². The van der Waals surface area contributed by atoms with E-state index in [0.717, 1.165) is 5.92 Å². The van der Waals surface area contributed by atoms with Crippen molar-refractivity contribution in [2.75, 3.05) is 5.75 Å². The van der Waals surface area contributed by atoms with Crippen LogP contribution in [0.1, 0.15) is 23.5 Å². The van der Waals surface area contributed by atoms with Crippen molar-refractivity contribution in [2.24, 2.45) is 11.8 Å². The molecule has 1 saturated heterocycles. The molecule has 1 heterocycles. The van der Waals surface area contributed by atoms with Crippen molar-refractivity contribution in [3.8, 4) is 0 Å². The number of thioether (sulfide) groups is 1. The Hall–Kier alpha value is -1.21. The molecular weight excluding hydrogens is 236 g/mol. The van der Waals surface area contributed by atoms with Gasteiger partial charge in [-0.3, -0.25) is 0 Å². The Balaban J connectivity index is 1.72. The molecule has 0 radical (unpaired) electrons. The fraction of sp³-hybridized carbons (Fsp3) is 0.294. The van der Waals surface area contributed by atoms with Gasteiger partial charge in [-0.2, -0.15) is 0 Å². The summed E-state index contributed by atoms with van der Waals surface area (Å²) in [5.74, 6) is 3.32. The average Bonchev–Trinajstić information content (AvgIpc) is 3.05. The minimum absolute atomic E-state index is 0.588. The maximum absolute atomic E-state index is 2.43. The summed E-state index contributed by atoms with van der Waals surface area (Å²) in [6, 6.07) is 8.84. The zero-order chi connectivity index (χ0) is 11.9. The first-order valence-corrected chi connectivity index (χ1v) is 7.70. The first-order valence-electron chi connectivity index (χ1n) is 6.72. The second-order valence-corrected chi connectivity index (χ2v) is 6.46. The number of hydrogen-bond donors (Lipinski definition) is 0. The van der Waals surface area contributed by atoms with Gasteiger partial charge in [0.05, 0.1) is 0 Å². The van der Waals surface area contributed by atoms with Crippen molar-refractivity contribution < 1.29 is 0 Å². The monoisotopic (exact) mass is 252 g/mol. The molecule has 0 bridgehead atoms. The fourth-order valence-electron chi connectivity index (χ4n) is 3.50. The fourth-order valence-corrected chi connectivity index (χ4v) is 4.77. The van der Waals surface area contributed by atoms with E-state index in [9.17, 15) is 0 Å². The molecule has 0 amide bonds. The first-order chi connectivity index (χ1) is 8.93. The van der Waals surface area contributed by atoms with Crippen LogP contribution in [-0.2, 0) is 0 Å². The summed E-state index contributed by atoms with van der Waals surface area (Å²) >= 11 is 2.06. The van der Waals surface area contributed by atoms with E-state index in [2.05, 4.69) is 66.4 Å². The second kappa shape index (κ2) is 4.17. The molecule has 1 fully saturated rings. The van der Waals surface area contributed by atoms with Gasteiger partial charge in [0.25, 0.3) is 0 Å². The van der Waals surface area contributed by atoms with E-state index in [1.54, 1.807) is 4.91 Å². The molecule has 0 spiro atoms. The lowest BCUT2D eigenvalue weighted by atomic mass is 9.76. The number of rotatable bonds is 1. The molecule has 3 aliphatic rings. The largest absolute Gasteiger partial charge is 0.130 e. The maximum atomic E-state index is 2.43. The highest BCUT2D eigenvalue weighted by molar-refractivity contribution is 8.03. The quantitative estimate of drug-likeness (QED) is 0.702. The summed E-state index contributed by atoms with van der Waals surface area (Å²) < 4.78 is 0. The maximum Gasteiger partial charge on any atom is 0.00962 e. The van der Waals surface area contributed by atoms with Gasteiger partial charge in [-0.25, -0.2) is 0 Å². The van der Waals surface area contributed by atoms with Crippen LogP contribution in [0.4, 0.5) is 0 Å². The van der Waals surface area contributed by atoms with E-state index >= 15 is 0 Å². The van der Waals surface area contributed by atoms with Crippen LogP contribution >= 0.6 is 11.8 Å². The van der Waals surface area contributed by atoms with Crippen molar-refractivity contribution in [1.29, 1.82) is 0 Å². The smallest absolute Gasteiger partial charge is 0.00962 e. The summed E-state index contributed by atoms with van der Waals surface area (Å²) in [5.41, 5.74) is 2.93. The van der Waals surface area contributed by atoms with Crippen LogP contribution in [0.25, 0.3) is 6.08 Å². The standard InChI is InChI=1S/C17H16S/c1-2-5-13-12(4-1)8-9-15(13)14-6-3-7-17-16(14)10-11-18-17/h1-9,14-16H,10-11H2. The third kappa shape index (κ3) is 1.54. The van der Waals surface area contributed by atoms with Crippen LogP contribution in [0.15, 0.2) is 53.5 Å². The van der Waals surface area contributed by atoms with Crippen molar-refractivity contribution in [3.05, 3.63) is 64.6 Å². The lowest BCUT2D eigenvalue weighted by Crippen LogP contribution is -2.19. The van der Waals surface area contributed by atoms with E-state index in [1.165, 1.54) is 23.3 Å². The number of allylic oxidation sites excluding steroid dienone is 5. The van der Waals surface area contributed by atoms with E-state index < -0.39 is 0 Å². The molecule has 90 valence electrons. The molecular formula is C17H16S. The molecule has 0 N–H and O–H groups in total. The van der Waals surface area contributed by atoms with Crippen molar-refractivity contribution in [1.82, 2.24) is 0 Å². The normalized spacial score (nSPS) is 32.2. The molecule has 1 aromatic carbocycles. The van der Waals surface area contributed by atoms with Crippen LogP contribution in [-0.4, -0.2) is 5.75 Å². The first kappa shape index (κ1) is 10.7. The summed E-state index contributed by atoms with van der Waals surface area (Å²) in [5, 5.41) is 0. The van der Waals surface area contributed by atoms with Crippen molar-refractivity contribution in [3.63, 3.8) is 0 Å². The third-order valence-electron chi connectivity index (χ3n) is 4.37. The highest BCUT2D eigenvalue weighted by atomic mass is 32.2. The predicted molar refractivity (Wildman–Crippen MR) is 79.5 cm³/mol. The average molecular weight is 252 g/mol. The molecule has 1 aliphatic heterocycles. The molecule has 3 atom stereocenters. The van der Waals surface area contributed by atoms with Gasteiger partial charge in [-0.15, -0.1) is 11.8 Å². The van der Waals surface area contributed by atoms with Crippen LogP contribution in [0, 0.1) is 11.8 Å². The van der Waals surface area contributed by atoms with Gasteiger partial charge in [-0.1, -0.05) is 54.6 Å². The topological polar surface area (TPSA) is 0 Å². The molecule has 0 aromatic heterocycles. The zero-order valence-electron chi connectivity index (χ0n) is 10.3. The molecule has 3 unspecified atom stereocenters. The molecule has 2 aliphatic carbocycles. The van der Waals surface area contributed by atoms with Gasteiger partial charge in [0, 0.05) is 5.92 Å². The van der Waals surface area contributed by atoms with Gasteiger partial charge in [0.2, 0.25) is 0 Å². The predicted octanol–water partition coefficient (Wildman–Crippen LogP) is 4.62. The number of fused-ring (bicyclic) bond motifs is 2. The lowest BCUT2D eigenvalue weighted by Gasteiger charge is -2.29. The van der Waals surface area contributed by atoms with Gasteiger partial charge in [-0.05, 0) is 40.0 Å². The van der Waals surface area contributed by atoms with Crippen LogP contribution in [0.3, 0.4) is 0 Å². The third-order valence-corrected chi connectivity index (χ3v) is 5.59. The summed E-state index contributed by atoms with van der Waals surface area (Å²) in [4.78, 5) is 1.61. The summed E-state index contributed by atoms with van der Waals surface area (Å²) in [6.07, 6.45) is 13.1. The molecule has 0 nitrogen and oxygen atoms in total. The SMILES string of the molecule is C1=CC(C2C=Cc3ccccc32)C2CCSC2=C1. The van der Waals surface area contributed by atoms with Crippen molar-refractivity contribution >= 4 is 17.8 Å². The van der Waals surface area contributed by atoms with E-state index in [0.29, 0.717) is 11.8 Å². The van der Waals surface area contributed by atoms with E-state index in [4.69, 9.17) is 0 Å². The van der Waals surface area contributed by atoms with E-state index in [1.807, 2.05) is 0 Å². The number of hydrogen-bond acceptors (Lipinski definition) is 1. The van der Waals surface area contributed by atoms with Crippen LogP contribution in [0.2, 0.25) is 0 Å². The Bertz CT molecular complexity index is 565. The Morgan fingerprint density at radius 3 is 3.06 bits per heavy atom. The molecule has 4 rings (SSSR count).